The summed E-state index contributed by atoms with van der Waals surface area (Å²) in [5.41, 5.74) is 7.72. The van der Waals surface area contributed by atoms with Crippen LogP contribution in [0.1, 0.15) is 31.2 Å². The van der Waals surface area contributed by atoms with Gasteiger partial charge in [0.25, 0.3) is 0 Å². The SMILES string of the molecule is Cc1cc(CC(=O)N2CCC(C(C)N)CC2)n[nH]1. The molecule has 2 rings (SSSR count). The predicted molar refractivity (Wildman–Crippen MR) is 70.0 cm³/mol. The van der Waals surface area contributed by atoms with Crippen molar-refractivity contribution in [2.24, 2.45) is 11.7 Å². The van der Waals surface area contributed by atoms with Gasteiger partial charge in [-0.15, -0.1) is 0 Å². The molecule has 1 saturated heterocycles. The molecule has 1 fully saturated rings. The van der Waals surface area contributed by atoms with Gasteiger partial charge in [0.05, 0.1) is 12.1 Å². The molecule has 0 aliphatic carbocycles. The van der Waals surface area contributed by atoms with Crippen molar-refractivity contribution in [1.29, 1.82) is 0 Å². The number of carbonyl (C=O) groups excluding carboxylic acids is 1. The summed E-state index contributed by atoms with van der Waals surface area (Å²) in [7, 11) is 0. The van der Waals surface area contributed by atoms with Crippen molar-refractivity contribution < 1.29 is 4.79 Å². The van der Waals surface area contributed by atoms with Gasteiger partial charge in [-0.3, -0.25) is 9.89 Å². The molecular weight excluding hydrogens is 228 g/mol. The van der Waals surface area contributed by atoms with Crippen LogP contribution in [0.3, 0.4) is 0 Å². The van der Waals surface area contributed by atoms with Crippen LogP contribution in [0, 0.1) is 12.8 Å². The molecule has 1 unspecified atom stereocenters. The number of rotatable bonds is 3. The minimum Gasteiger partial charge on any atom is -0.342 e. The summed E-state index contributed by atoms with van der Waals surface area (Å²) in [6.45, 7) is 5.65. The van der Waals surface area contributed by atoms with Gasteiger partial charge in [0.15, 0.2) is 0 Å². The van der Waals surface area contributed by atoms with E-state index in [1.807, 2.05) is 17.9 Å². The Morgan fingerprint density at radius 3 is 2.78 bits per heavy atom. The number of piperidine rings is 1. The highest BCUT2D eigenvalue weighted by atomic mass is 16.2. The summed E-state index contributed by atoms with van der Waals surface area (Å²) in [6, 6.07) is 2.16. The van der Waals surface area contributed by atoms with E-state index in [4.69, 9.17) is 5.73 Å². The number of hydrogen-bond acceptors (Lipinski definition) is 3. The molecule has 1 amide bonds. The Morgan fingerprint density at radius 1 is 1.61 bits per heavy atom. The number of nitrogens with two attached hydrogens (primary N) is 1. The fraction of sp³-hybridized carbons (Fsp3) is 0.692. The van der Waals surface area contributed by atoms with Gasteiger partial charge in [-0.05, 0) is 38.7 Å². The number of aromatic amines is 1. The Balaban J connectivity index is 1.84. The van der Waals surface area contributed by atoms with E-state index in [2.05, 4.69) is 17.1 Å². The zero-order valence-corrected chi connectivity index (χ0v) is 11.1. The first-order valence-electron chi connectivity index (χ1n) is 6.60. The van der Waals surface area contributed by atoms with Gasteiger partial charge in [-0.25, -0.2) is 0 Å². The Kier molecular flexibility index (Phi) is 4.01. The minimum absolute atomic E-state index is 0.171. The number of H-pyrrole nitrogens is 1. The standard InChI is InChI=1S/C13H22N4O/c1-9-7-12(16-15-9)8-13(18)17-5-3-11(4-6-17)10(2)14/h7,10-11H,3-6,8,14H2,1-2H3,(H,15,16). The number of carbonyl (C=O) groups is 1. The van der Waals surface area contributed by atoms with Crippen molar-refractivity contribution in [3.63, 3.8) is 0 Å². The molecule has 100 valence electrons. The highest BCUT2D eigenvalue weighted by Gasteiger charge is 2.24. The number of nitrogens with zero attached hydrogens (tertiary/aromatic N) is 2. The lowest BCUT2D eigenvalue weighted by Crippen LogP contribution is -2.43. The van der Waals surface area contributed by atoms with Crippen LogP contribution in [0.4, 0.5) is 0 Å². The lowest BCUT2D eigenvalue weighted by atomic mass is 9.91. The molecule has 0 aromatic carbocycles. The monoisotopic (exact) mass is 250 g/mol. The normalized spacial score (nSPS) is 18.9. The van der Waals surface area contributed by atoms with Crippen LogP contribution >= 0.6 is 0 Å². The maximum absolute atomic E-state index is 12.1. The second-order valence-corrected chi connectivity index (χ2v) is 5.30. The Labute approximate surface area is 108 Å². The summed E-state index contributed by atoms with van der Waals surface area (Å²) < 4.78 is 0. The van der Waals surface area contributed by atoms with E-state index in [1.165, 1.54) is 0 Å². The van der Waals surface area contributed by atoms with Gasteiger partial charge in [-0.2, -0.15) is 5.10 Å². The molecular formula is C13H22N4O. The highest BCUT2D eigenvalue weighted by molar-refractivity contribution is 5.78. The van der Waals surface area contributed by atoms with Crippen molar-refractivity contribution in [3.05, 3.63) is 17.5 Å². The number of aryl methyl sites for hydroxylation is 1. The summed E-state index contributed by atoms with van der Waals surface area (Å²) in [5, 5.41) is 6.96. The maximum atomic E-state index is 12.1. The maximum Gasteiger partial charge on any atom is 0.228 e. The molecule has 5 nitrogen and oxygen atoms in total. The summed E-state index contributed by atoms with van der Waals surface area (Å²) in [4.78, 5) is 14.0. The second-order valence-electron chi connectivity index (χ2n) is 5.30. The molecule has 1 aliphatic heterocycles. The molecule has 0 spiro atoms. The zero-order chi connectivity index (χ0) is 13.1. The van der Waals surface area contributed by atoms with Crippen LogP contribution in [0.25, 0.3) is 0 Å². The van der Waals surface area contributed by atoms with Crippen molar-refractivity contribution in [2.45, 2.75) is 39.2 Å². The fourth-order valence-electron chi connectivity index (χ4n) is 2.51. The van der Waals surface area contributed by atoms with Crippen molar-refractivity contribution in [1.82, 2.24) is 15.1 Å². The molecule has 1 aliphatic rings. The van der Waals surface area contributed by atoms with E-state index in [-0.39, 0.29) is 11.9 Å². The molecule has 5 heteroatoms. The third-order valence-corrected chi connectivity index (χ3v) is 3.73. The number of nitrogens with one attached hydrogen (secondary N) is 1. The molecule has 0 radical (unpaired) electrons. The van der Waals surface area contributed by atoms with Crippen LogP contribution in [-0.2, 0) is 11.2 Å². The van der Waals surface area contributed by atoms with E-state index in [9.17, 15) is 4.79 Å². The quantitative estimate of drug-likeness (QED) is 0.835. The van der Waals surface area contributed by atoms with Gasteiger partial charge in [0.1, 0.15) is 0 Å². The smallest absolute Gasteiger partial charge is 0.228 e. The van der Waals surface area contributed by atoms with Gasteiger partial charge < -0.3 is 10.6 Å². The number of aromatic nitrogens is 2. The van der Waals surface area contributed by atoms with E-state index in [0.717, 1.165) is 37.3 Å². The number of amides is 1. The number of hydrogen-bond donors (Lipinski definition) is 2. The first-order valence-corrected chi connectivity index (χ1v) is 6.60. The molecule has 1 atom stereocenters. The van der Waals surface area contributed by atoms with Crippen molar-refractivity contribution in [2.75, 3.05) is 13.1 Å². The lowest BCUT2D eigenvalue weighted by Gasteiger charge is -2.33. The predicted octanol–water partition coefficient (Wildman–Crippen LogP) is 0.846. The third kappa shape index (κ3) is 3.10. The zero-order valence-electron chi connectivity index (χ0n) is 11.1. The molecule has 1 aromatic rings. The van der Waals surface area contributed by atoms with E-state index >= 15 is 0 Å². The van der Waals surface area contributed by atoms with Crippen LogP contribution in [-0.4, -0.2) is 40.1 Å². The fourth-order valence-corrected chi connectivity index (χ4v) is 2.51. The third-order valence-electron chi connectivity index (χ3n) is 3.73. The van der Waals surface area contributed by atoms with Gasteiger partial charge >= 0.3 is 0 Å². The van der Waals surface area contributed by atoms with Gasteiger partial charge in [0.2, 0.25) is 5.91 Å². The summed E-state index contributed by atoms with van der Waals surface area (Å²) in [6.07, 6.45) is 2.43. The first kappa shape index (κ1) is 13.1. The summed E-state index contributed by atoms with van der Waals surface area (Å²) >= 11 is 0. The van der Waals surface area contributed by atoms with Crippen molar-refractivity contribution >= 4 is 5.91 Å². The molecule has 3 N–H and O–H groups in total. The number of likely N-dealkylation sites (tertiary alicyclic amines) is 1. The van der Waals surface area contributed by atoms with E-state index < -0.39 is 0 Å². The average molecular weight is 250 g/mol. The molecule has 0 bridgehead atoms. The van der Waals surface area contributed by atoms with E-state index in [1.54, 1.807) is 0 Å². The van der Waals surface area contributed by atoms with Crippen LogP contribution in [0.15, 0.2) is 6.07 Å². The second kappa shape index (κ2) is 5.52. The first-order chi connectivity index (χ1) is 8.56. The molecule has 0 saturated carbocycles. The Hall–Kier alpha value is -1.36. The largest absolute Gasteiger partial charge is 0.342 e. The van der Waals surface area contributed by atoms with Gasteiger partial charge in [-0.1, -0.05) is 0 Å². The Morgan fingerprint density at radius 2 is 2.28 bits per heavy atom. The topological polar surface area (TPSA) is 75.0 Å². The molecule has 2 heterocycles. The highest BCUT2D eigenvalue weighted by Crippen LogP contribution is 2.20. The minimum atomic E-state index is 0.171. The van der Waals surface area contributed by atoms with Crippen LogP contribution < -0.4 is 5.73 Å². The van der Waals surface area contributed by atoms with Crippen LogP contribution in [0.2, 0.25) is 0 Å². The average Bonchev–Trinajstić information content (AvgIpc) is 2.75. The van der Waals surface area contributed by atoms with Crippen molar-refractivity contribution in [3.8, 4) is 0 Å². The molecule has 18 heavy (non-hydrogen) atoms. The van der Waals surface area contributed by atoms with E-state index in [0.29, 0.717) is 12.3 Å². The van der Waals surface area contributed by atoms with Crippen LogP contribution in [0.5, 0.6) is 0 Å². The molecule has 1 aromatic heterocycles. The lowest BCUT2D eigenvalue weighted by molar-refractivity contribution is -0.132. The van der Waals surface area contributed by atoms with Gasteiger partial charge in [0, 0.05) is 24.8 Å². The summed E-state index contributed by atoms with van der Waals surface area (Å²) in [5.74, 6) is 0.728. The Bertz CT molecular complexity index is 405.